The molecule has 0 atom stereocenters. The van der Waals surface area contributed by atoms with Gasteiger partial charge in [0.2, 0.25) is 0 Å². The fraction of sp³-hybridized carbons (Fsp3) is 0.409. The van der Waals surface area contributed by atoms with Gasteiger partial charge in [-0.15, -0.1) is 11.3 Å². The fourth-order valence-electron chi connectivity index (χ4n) is 3.21. The van der Waals surface area contributed by atoms with E-state index in [0.717, 1.165) is 10.4 Å². The van der Waals surface area contributed by atoms with E-state index in [4.69, 9.17) is 14.2 Å². The molecule has 0 spiro atoms. The molecule has 0 saturated carbocycles. The lowest BCUT2D eigenvalue weighted by atomic mass is 10.0. The molecule has 8 nitrogen and oxygen atoms in total. The molecule has 164 valence electrons. The highest BCUT2D eigenvalue weighted by Crippen LogP contribution is 2.37. The van der Waals surface area contributed by atoms with Crippen molar-refractivity contribution in [3.63, 3.8) is 0 Å². The predicted molar refractivity (Wildman–Crippen MR) is 117 cm³/mol. The highest BCUT2D eigenvalue weighted by Gasteiger charge is 2.30. The highest BCUT2D eigenvalue weighted by molar-refractivity contribution is 7.16. The third-order valence-corrected chi connectivity index (χ3v) is 5.79. The molecule has 0 fully saturated rings. The van der Waals surface area contributed by atoms with Crippen LogP contribution in [0.2, 0.25) is 0 Å². The third kappa shape index (κ3) is 5.09. The Bertz CT molecular complexity index is 1030. The monoisotopic (exact) mass is 443 g/mol. The minimum Gasteiger partial charge on any atom is -0.497 e. The average Bonchev–Trinajstić information content (AvgIpc) is 3.07. The zero-order valence-corrected chi connectivity index (χ0v) is 19.0. The molecule has 0 unspecified atom stereocenters. The van der Waals surface area contributed by atoms with Gasteiger partial charge in [0.1, 0.15) is 28.2 Å². The van der Waals surface area contributed by atoms with E-state index in [0.29, 0.717) is 47.1 Å². The van der Waals surface area contributed by atoms with Gasteiger partial charge in [-0.05, 0) is 44.9 Å². The number of thiophene rings is 1. The number of nitrogens with one attached hydrogen (secondary N) is 1. The Morgan fingerprint density at radius 2 is 1.81 bits per heavy atom. The first-order valence-electron chi connectivity index (χ1n) is 9.72. The standard InChI is InChI=1S/C22H25N3O5S/c1-22(2,3)30-21(27)25-7-6-16-17(11-23)20(31-18(16)12-25)24-19(26)13-8-14(28-4)10-15(9-13)29-5/h8-10H,6-7,12H2,1-5H3,(H,24,26). The minimum atomic E-state index is -0.582. The van der Waals surface area contributed by atoms with Crippen molar-refractivity contribution >= 4 is 28.3 Å². The number of carbonyl (C=O) groups excluding carboxylic acids is 2. The lowest BCUT2D eigenvalue weighted by molar-refractivity contribution is 0.0226. The van der Waals surface area contributed by atoms with E-state index in [1.54, 1.807) is 23.1 Å². The molecule has 0 saturated heterocycles. The summed E-state index contributed by atoms with van der Waals surface area (Å²) in [5, 5.41) is 13.0. The molecule has 1 aliphatic rings. The van der Waals surface area contributed by atoms with Crippen LogP contribution in [0.4, 0.5) is 9.80 Å². The normalized spacial score (nSPS) is 13.1. The lowest BCUT2D eigenvalue weighted by Gasteiger charge is -2.29. The molecule has 2 heterocycles. The number of nitrogens with zero attached hydrogens (tertiary/aromatic N) is 2. The summed E-state index contributed by atoms with van der Waals surface area (Å²) in [5.74, 6) is 0.600. The van der Waals surface area contributed by atoms with E-state index in [1.807, 2.05) is 20.8 Å². The maximum Gasteiger partial charge on any atom is 0.410 e. The number of ether oxygens (including phenoxy) is 3. The number of amides is 2. The maximum absolute atomic E-state index is 12.9. The zero-order chi connectivity index (χ0) is 22.8. The van der Waals surface area contributed by atoms with Gasteiger partial charge in [0, 0.05) is 23.1 Å². The van der Waals surface area contributed by atoms with Crippen LogP contribution in [0.3, 0.4) is 0 Å². The van der Waals surface area contributed by atoms with E-state index in [2.05, 4.69) is 11.4 Å². The molecule has 0 radical (unpaired) electrons. The maximum atomic E-state index is 12.9. The van der Waals surface area contributed by atoms with E-state index < -0.39 is 5.60 Å². The summed E-state index contributed by atoms with van der Waals surface area (Å²) >= 11 is 1.30. The molecule has 2 aromatic rings. The Morgan fingerprint density at radius 1 is 1.16 bits per heavy atom. The number of methoxy groups -OCH3 is 2. The number of benzene rings is 1. The van der Waals surface area contributed by atoms with Crippen LogP contribution in [0.15, 0.2) is 18.2 Å². The van der Waals surface area contributed by atoms with Crippen LogP contribution in [0.5, 0.6) is 11.5 Å². The first kappa shape index (κ1) is 22.4. The number of hydrogen-bond acceptors (Lipinski definition) is 7. The topological polar surface area (TPSA) is 101 Å². The molecule has 1 aromatic heterocycles. The summed E-state index contributed by atoms with van der Waals surface area (Å²) in [6.07, 6.45) is 0.135. The number of anilines is 1. The molecule has 1 aliphatic heterocycles. The van der Waals surface area contributed by atoms with E-state index >= 15 is 0 Å². The van der Waals surface area contributed by atoms with Gasteiger partial charge in [0.25, 0.3) is 5.91 Å². The summed E-state index contributed by atoms with van der Waals surface area (Å²) < 4.78 is 15.9. The third-order valence-electron chi connectivity index (χ3n) is 4.66. The zero-order valence-electron chi connectivity index (χ0n) is 18.2. The van der Waals surface area contributed by atoms with Gasteiger partial charge in [-0.3, -0.25) is 4.79 Å². The van der Waals surface area contributed by atoms with Gasteiger partial charge in [-0.25, -0.2) is 4.79 Å². The van der Waals surface area contributed by atoms with Crippen molar-refractivity contribution in [2.24, 2.45) is 0 Å². The molecule has 0 bridgehead atoms. The van der Waals surface area contributed by atoms with Crippen molar-refractivity contribution in [2.75, 3.05) is 26.1 Å². The van der Waals surface area contributed by atoms with Crippen molar-refractivity contribution in [2.45, 2.75) is 39.3 Å². The van der Waals surface area contributed by atoms with Crippen molar-refractivity contribution in [3.8, 4) is 17.6 Å². The highest BCUT2D eigenvalue weighted by atomic mass is 32.1. The van der Waals surface area contributed by atoms with Crippen LogP contribution in [-0.4, -0.2) is 43.3 Å². The van der Waals surface area contributed by atoms with Crippen LogP contribution in [-0.2, 0) is 17.7 Å². The van der Waals surface area contributed by atoms with Gasteiger partial charge in [0.15, 0.2) is 0 Å². The summed E-state index contributed by atoms with van der Waals surface area (Å²) in [5.41, 5.74) is 1.07. The first-order chi connectivity index (χ1) is 14.6. The molecular weight excluding hydrogens is 418 g/mol. The number of nitriles is 1. The van der Waals surface area contributed by atoms with Crippen LogP contribution in [0.1, 0.15) is 47.1 Å². The van der Waals surface area contributed by atoms with E-state index in [1.165, 1.54) is 25.6 Å². The second-order valence-electron chi connectivity index (χ2n) is 8.03. The average molecular weight is 444 g/mol. The van der Waals surface area contributed by atoms with Gasteiger partial charge in [-0.1, -0.05) is 0 Å². The SMILES string of the molecule is COc1cc(OC)cc(C(=O)Nc2sc3c(c2C#N)CCN(C(=O)OC(C)(C)C)C3)c1. The quantitative estimate of drug-likeness (QED) is 0.761. The van der Waals surface area contributed by atoms with Crippen molar-refractivity contribution in [3.05, 3.63) is 39.8 Å². The Kier molecular flexibility index (Phi) is 6.41. The Hall–Kier alpha value is -3.25. The Labute approximate surface area is 185 Å². The van der Waals surface area contributed by atoms with Crippen LogP contribution >= 0.6 is 11.3 Å². The number of carbonyl (C=O) groups is 2. The number of hydrogen-bond donors (Lipinski definition) is 1. The molecular formula is C22H25N3O5S. The molecule has 0 aliphatic carbocycles. The van der Waals surface area contributed by atoms with E-state index in [9.17, 15) is 14.9 Å². The molecule has 1 aromatic carbocycles. The first-order valence-corrected chi connectivity index (χ1v) is 10.5. The summed E-state index contributed by atoms with van der Waals surface area (Å²) in [7, 11) is 3.02. The number of fused-ring (bicyclic) bond motifs is 1. The van der Waals surface area contributed by atoms with Crippen molar-refractivity contribution < 1.29 is 23.8 Å². The number of rotatable bonds is 4. The summed E-state index contributed by atoms with van der Waals surface area (Å²) in [4.78, 5) is 27.8. The van der Waals surface area contributed by atoms with Gasteiger partial charge in [-0.2, -0.15) is 5.26 Å². The van der Waals surface area contributed by atoms with Gasteiger partial charge in [0.05, 0.1) is 26.3 Å². The molecule has 9 heteroatoms. The predicted octanol–water partition coefficient (Wildman–Crippen LogP) is 4.18. The van der Waals surface area contributed by atoms with Crippen molar-refractivity contribution in [1.82, 2.24) is 4.90 Å². The van der Waals surface area contributed by atoms with Crippen LogP contribution in [0.25, 0.3) is 0 Å². The van der Waals surface area contributed by atoms with Crippen molar-refractivity contribution in [1.29, 1.82) is 5.26 Å². The van der Waals surface area contributed by atoms with Crippen LogP contribution in [0, 0.1) is 11.3 Å². The largest absolute Gasteiger partial charge is 0.497 e. The Balaban J connectivity index is 1.83. The minimum absolute atomic E-state index is 0.340. The summed E-state index contributed by atoms with van der Waals surface area (Å²) in [6.45, 7) is 6.25. The summed E-state index contributed by atoms with van der Waals surface area (Å²) in [6, 6.07) is 7.07. The second kappa shape index (κ2) is 8.86. The smallest absolute Gasteiger partial charge is 0.410 e. The van der Waals surface area contributed by atoms with Gasteiger partial charge >= 0.3 is 6.09 Å². The molecule has 2 amide bonds. The lowest BCUT2D eigenvalue weighted by Crippen LogP contribution is -2.39. The second-order valence-corrected chi connectivity index (χ2v) is 9.13. The van der Waals surface area contributed by atoms with Crippen LogP contribution < -0.4 is 14.8 Å². The Morgan fingerprint density at radius 3 is 2.35 bits per heavy atom. The van der Waals surface area contributed by atoms with E-state index in [-0.39, 0.29) is 12.0 Å². The molecule has 31 heavy (non-hydrogen) atoms. The molecule has 3 rings (SSSR count). The molecule has 1 N–H and O–H groups in total. The fourth-order valence-corrected chi connectivity index (χ4v) is 4.41. The van der Waals surface area contributed by atoms with Gasteiger partial charge < -0.3 is 24.4 Å².